The van der Waals surface area contributed by atoms with Gasteiger partial charge in [0, 0.05) is 12.8 Å². The fraction of sp³-hybridized carbons (Fsp3) is 0.951. The smallest absolute Gasteiger partial charge is 0.244 e. The Kier molecular flexibility index (Phi) is 32.0. The standard InChI is InChI=1S/C41H81N3O/c1-3-5-7-9-11-13-15-17-19-21-22-24-26-28-30-32-34-40-42-36-38-44(40)39-37-43-41(45)35-33-31-29-27-25-23-20-18-16-14-12-10-8-6-4-2/h3-39H2,1-2H3,(H,43,45)/p+1. The number of amidine groups is 1. The van der Waals surface area contributed by atoms with Crippen molar-refractivity contribution in [2.45, 2.75) is 226 Å². The molecule has 0 aliphatic carbocycles. The lowest BCUT2D eigenvalue weighted by Gasteiger charge is -2.07. The van der Waals surface area contributed by atoms with Crippen molar-refractivity contribution in [3.63, 3.8) is 0 Å². The monoisotopic (exact) mass is 633 g/mol. The SMILES string of the molecule is CCCCCCCCCCCCCCCCCCC1=[N+](CCNC(=O)CCCCCCCCCCCCCCCCC)CCN1. The van der Waals surface area contributed by atoms with Gasteiger partial charge in [-0.2, -0.15) is 0 Å². The Morgan fingerprint density at radius 2 is 0.889 bits per heavy atom. The Labute approximate surface area is 283 Å². The molecular weight excluding hydrogens is 550 g/mol. The van der Waals surface area contributed by atoms with Crippen LogP contribution in [0.15, 0.2) is 0 Å². The summed E-state index contributed by atoms with van der Waals surface area (Å²) in [6, 6.07) is 0. The van der Waals surface area contributed by atoms with Crippen molar-refractivity contribution in [1.29, 1.82) is 0 Å². The summed E-state index contributed by atoms with van der Waals surface area (Å²) in [6.07, 6.45) is 45.1. The van der Waals surface area contributed by atoms with E-state index in [0.29, 0.717) is 6.42 Å². The molecule has 0 radical (unpaired) electrons. The van der Waals surface area contributed by atoms with Gasteiger partial charge in [0.25, 0.3) is 0 Å². The molecular formula is C41H82N3O+. The fourth-order valence-electron chi connectivity index (χ4n) is 6.99. The molecule has 0 saturated heterocycles. The van der Waals surface area contributed by atoms with E-state index >= 15 is 0 Å². The highest BCUT2D eigenvalue weighted by Gasteiger charge is 2.19. The van der Waals surface area contributed by atoms with Crippen molar-refractivity contribution in [1.82, 2.24) is 10.6 Å². The van der Waals surface area contributed by atoms with Gasteiger partial charge >= 0.3 is 0 Å². The molecule has 0 aromatic rings. The van der Waals surface area contributed by atoms with Gasteiger partial charge in [0.2, 0.25) is 11.7 Å². The minimum atomic E-state index is 0.246. The van der Waals surface area contributed by atoms with Crippen molar-refractivity contribution >= 4 is 11.7 Å². The van der Waals surface area contributed by atoms with Crippen LogP contribution < -0.4 is 10.6 Å². The molecule has 1 aliphatic heterocycles. The van der Waals surface area contributed by atoms with Crippen molar-refractivity contribution in [2.24, 2.45) is 0 Å². The molecule has 4 nitrogen and oxygen atoms in total. The van der Waals surface area contributed by atoms with Gasteiger partial charge < -0.3 is 5.32 Å². The van der Waals surface area contributed by atoms with Crippen LogP contribution in [-0.2, 0) is 4.79 Å². The van der Waals surface area contributed by atoms with Gasteiger partial charge in [0.1, 0.15) is 19.6 Å². The minimum absolute atomic E-state index is 0.246. The van der Waals surface area contributed by atoms with Crippen LogP contribution in [0.2, 0.25) is 0 Å². The molecule has 0 bridgehead atoms. The Morgan fingerprint density at radius 3 is 1.29 bits per heavy atom. The van der Waals surface area contributed by atoms with Gasteiger partial charge in [0.15, 0.2) is 0 Å². The first-order chi connectivity index (χ1) is 22.3. The fourth-order valence-corrected chi connectivity index (χ4v) is 6.99. The Balaban J connectivity index is 1.87. The molecule has 266 valence electrons. The van der Waals surface area contributed by atoms with E-state index in [1.54, 1.807) is 0 Å². The second-order valence-corrected chi connectivity index (χ2v) is 14.5. The summed E-state index contributed by atoms with van der Waals surface area (Å²) in [4.78, 5) is 12.3. The molecule has 1 aliphatic rings. The maximum absolute atomic E-state index is 12.3. The van der Waals surface area contributed by atoms with E-state index in [1.165, 1.54) is 205 Å². The maximum Gasteiger partial charge on any atom is 0.244 e. The third-order valence-corrected chi connectivity index (χ3v) is 10.1. The van der Waals surface area contributed by atoms with E-state index in [2.05, 4.69) is 29.1 Å². The molecule has 1 heterocycles. The lowest BCUT2D eigenvalue weighted by Crippen LogP contribution is -2.32. The molecule has 45 heavy (non-hydrogen) atoms. The number of amides is 1. The summed E-state index contributed by atoms with van der Waals surface area (Å²) < 4.78 is 2.47. The summed E-state index contributed by atoms with van der Waals surface area (Å²) >= 11 is 0. The van der Waals surface area contributed by atoms with Crippen molar-refractivity contribution in [2.75, 3.05) is 26.2 Å². The Hall–Kier alpha value is -1.06. The summed E-state index contributed by atoms with van der Waals surface area (Å²) in [5, 5.41) is 6.79. The Morgan fingerprint density at radius 1 is 0.533 bits per heavy atom. The Bertz CT molecular complexity index is 661. The van der Waals surface area contributed by atoms with Crippen LogP contribution in [-0.4, -0.2) is 42.5 Å². The zero-order valence-corrected chi connectivity index (χ0v) is 31.0. The van der Waals surface area contributed by atoms with Crippen LogP contribution in [0.1, 0.15) is 226 Å². The highest BCUT2D eigenvalue weighted by molar-refractivity contribution is 5.78. The first-order valence-electron chi connectivity index (χ1n) is 20.9. The summed E-state index contributed by atoms with van der Waals surface area (Å²) in [6.45, 7) is 8.46. The van der Waals surface area contributed by atoms with Crippen LogP contribution in [0, 0.1) is 0 Å². The molecule has 0 unspecified atom stereocenters. The highest BCUT2D eigenvalue weighted by atomic mass is 16.1. The lowest BCUT2D eigenvalue weighted by atomic mass is 10.0. The number of nitrogens with one attached hydrogen (secondary N) is 2. The maximum atomic E-state index is 12.3. The number of nitrogens with zero attached hydrogens (tertiary/aromatic N) is 1. The molecule has 0 fully saturated rings. The third kappa shape index (κ3) is 28.9. The minimum Gasteiger partial charge on any atom is -0.352 e. The predicted octanol–water partition coefficient (Wildman–Crippen LogP) is 12.0. The molecule has 1 amide bonds. The van der Waals surface area contributed by atoms with Gasteiger partial charge in [-0.25, -0.2) is 0 Å². The summed E-state index contributed by atoms with van der Waals surface area (Å²) in [5.41, 5.74) is 0. The largest absolute Gasteiger partial charge is 0.352 e. The molecule has 0 aromatic carbocycles. The molecule has 0 saturated carbocycles. The van der Waals surface area contributed by atoms with E-state index in [4.69, 9.17) is 0 Å². The zero-order chi connectivity index (χ0) is 32.3. The van der Waals surface area contributed by atoms with Crippen molar-refractivity contribution in [3.05, 3.63) is 0 Å². The molecule has 0 aromatic heterocycles. The van der Waals surface area contributed by atoms with Gasteiger partial charge in [0.05, 0.1) is 6.54 Å². The first kappa shape index (κ1) is 42.0. The number of carbonyl (C=O) groups excluding carboxylic acids is 1. The topological polar surface area (TPSA) is 44.1 Å². The van der Waals surface area contributed by atoms with Gasteiger partial charge in [-0.05, 0) is 12.8 Å². The van der Waals surface area contributed by atoms with Crippen molar-refractivity contribution < 1.29 is 9.37 Å². The second kappa shape index (κ2) is 34.3. The van der Waals surface area contributed by atoms with E-state index in [9.17, 15) is 4.79 Å². The molecule has 4 heteroatoms. The van der Waals surface area contributed by atoms with Crippen molar-refractivity contribution in [3.8, 4) is 0 Å². The number of carbonyl (C=O) groups is 1. The van der Waals surface area contributed by atoms with Crippen LogP contribution >= 0.6 is 0 Å². The van der Waals surface area contributed by atoms with Crippen LogP contribution in [0.5, 0.6) is 0 Å². The van der Waals surface area contributed by atoms with E-state index in [-0.39, 0.29) is 5.91 Å². The van der Waals surface area contributed by atoms with Gasteiger partial charge in [-0.15, -0.1) is 0 Å². The molecule has 0 spiro atoms. The van der Waals surface area contributed by atoms with Gasteiger partial charge in [-0.3, -0.25) is 14.7 Å². The van der Waals surface area contributed by atoms with Crippen LogP contribution in [0.3, 0.4) is 0 Å². The summed E-state index contributed by atoms with van der Waals surface area (Å²) in [7, 11) is 0. The van der Waals surface area contributed by atoms with Gasteiger partial charge in [-0.1, -0.05) is 200 Å². The zero-order valence-electron chi connectivity index (χ0n) is 31.0. The molecule has 1 rings (SSSR count). The third-order valence-electron chi connectivity index (χ3n) is 10.1. The predicted molar refractivity (Wildman–Crippen MR) is 200 cm³/mol. The number of hydrogen-bond donors (Lipinski definition) is 2. The normalized spacial score (nSPS) is 13.1. The number of rotatable bonds is 36. The number of hydrogen-bond acceptors (Lipinski definition) is 2. The van der Waals surface area contributed by atoms with Crippen LogP contribution in [0.25, 0.3) is 0 Å². The second-order valence-electron chi connectivity index (χ2n) is 14.5. The number of unbranched alkanes of at least 4 members (excludes halogenated alkanes) is 29. The average Bonchev–Trinajstić information content (AvgIpc) is 3.49. The molecule has 2 N–H and O–H groups in total. The molecule has 0 atom stereocenters. The lowest BCUT2D eigenvalue weighted by molar-refractivity contribution is -0.517. The van der Waals surface area contributed by atoms with E-state index < -0.39 is 0 Å². The van der Waals surface area contributed by atoms with E-state index in [0.717, 1.165) is 32.6 Å². The quantitative estimate of drug-likeness (QED) is 0.0533. The highest BCUT2D eigenvalue weighted by Crippen LogP contribution is 2.15. The summed E-state index contributed by atoms with van der Waals surface area (Å²) in [5.74, 6) is 1.66. The van der Waals surface area contributed by atoms with E-state index in [1.807, 2.05) is 0 Å². The average molecular weight is 633 g/mol. The van der Waals surface area contributed by atoms with Crippen LogP contribution in [0.4, 0.5) is 0 Å². The first-order valence-corrected chi connectivity index (χ1v) is 20.9.